The van der Waals surface area contributed by atoms with Crippen LogP contribution in [0.4, 0.5) is 26.3 Å². The molecule has 3 N–H and O–H groups in total. The van der Waals surface area contributed by atoms with E-state index in [1.807, 2.05) is 42.5 Å². The molecule has 0 spiro atoms. The van der Waals surface area contributed by atoms with Crippen LogP contribution in [0.3, 0.4) is 0 Å². The summed E-state index contributed by atoms with van der Waals surface area (Å²) in [7, 11) is 4.65. The summed E-state index contributed by atoms with van der Waals surface area (Å²) in [5.74, 6) is 0.505. The van der Waals surface area contributed by atoms with E-state index in [4.69, 9.17) is 0 Å². The minimum atomic E-state index is -2.78. The van der Waals surface area contributed by atoms with E-state index in [-0.39, 0.29) is 22.1 Å². The summed E-state index contributed by atoms with van der Waals surface area (Å²) in [4.78, 5) is 38.9. The Bertz CT molecular complexity index is 3080. The van der Waals surface area contributed by atoms with Crippen LogP contribution in [0.5, 0.6) is 0 Å². The quantitative estimate of drug-likeness (QED) is 0.0984. The molecule has 8 atom stereocenters. The van der Waals surface area contributed by atoms with Crippen molar-refractivity contribution in [2.45, 2.75) is 146 Å². The number of carbonyl (C=O) groups is 3. The minimum Gasteiger partial charge on any atom is -0.342 e. The zero-order valence-corrected chi connectivity index (χ0v) is 44.5. The molecule has 3 heterocycles. The van der Waals surface area contributed by atoms with Gasteiger partial charge in [0.2, 0.25) is 0 Å². The topological polar surface area (TPSA) is 141 Å². The molecule has 3 fully saturated rings. The lowest BCUT2D eigenvalue weighted by Gasteiger charge is -2.39. The first-order valence-corrected chi connectivity index (χ1v) is 26.9. The number of hydrogen-bond donors (Lipinski definition) is 3. The highest BCUT2D eigenvalue weighted by atomic mass is 19.3. The molecule has 6 bridgehead atoms. The first-order valence-electron chi connectivity index (χ1n) is 26.9. The molecule has 6 aliphatic rings. The van der Waals surface area contributed by atoms with E-state index in [9.17, 15) is 40.7 Å². The summed E-state index contributed by atoms with van der Waals surface area (Å²) in [6.07, 6.45) is 5.46. The van der Waals surface area contributed by atoms with Crippen LogP contribution in [0.15, 0.2) is 91.4 Å². The van der Waals surface area contributed by atoms with Gasteiger partial charge in [0.1, 0.15) is 17.1 Å². The number of amides is 3. The summed E-state index contributed by atoms with van der Waals surface area (Å²) in [5, 5.41) is 20.8. The molecule has 3 amide bonds. The van der Waals surface area contributed by atoms with Gasteiger partial charge in [-0.25, -0.2) is 26.3 Å². The molecule has 6 aromatic rings. The molecule has 8 unspecified atom stereocenters. The van der Waals surface area contributed by atoms with Crippen molar-refractivity contribution in [1.29, 1.82) is 0 Å². The van der Waals surface area contributed by atoms with Crippen molar-refractivity contribution in [2.24, 2.45) is 38.4 Å². The largest absolute Gasteiger partial charge is 0.342 e. The Hall–Kier alpha value is -6.72. The molecule has 12 nitrogen and oxygen atoms in total. The molecule has 3 aromatic heterocycles. The van der Waals surface area contributed by atoms with Gasteiger partial charge in [0.15, 0.2) is 0 Å². The van der Waals surface area contributed by atoms with Crippen molar-refractivity contribution in [1.82, 2.24) is 45.3 Å². The van der Waals surface area contributed by atoms with E-state index in [2.05, 4.69) is 89.3 Å². The molecule has 12 rings (SSSR count). The number of hydrogen-bond acceptors (Lipinski definition) is 6. The lowest BCUT2D eigenvalue weighted by Crippen LogP contribution is -2.51. The van der Waals surface area contributed by atoms with E-state index in [1.165, 1.54) is 49.3 Å². The van der Waals surface area contributed by atoms with Crippen molar-refractivity contribution in [3.05, 3.63) is 159 Å². The highest BCUT2D eigenvalue weighted by molar-refractivity contribution is 5.97. The van der Waals surface area contributed by atoms with E-state index in [0.29, 0.717) is 29.6 Å². The number of carbonyl (C=O) groups excluding carboxylic acids is 3. The second kappa shape index (κ2) is 20.3. The summed E-state index contributed by atoms with van der Waals surface area (Å²) in [6.45, 7) is 8.60. The number of halogens is 6. The van der Waals surface area contributed by atoms with Crippen LogP contribution < -0.4 is 16.0 Å². The van der Waals surface area contributed by atoms with Crippen LogP contribution in [-0.4, -0.2) is 47.1 Å². The van der Waals surface area contributed by atoms with Crippen LogP contribution in [0.2, 0.25) is 0 Å². The number of alkyl halides is 6. The Morgan fingerprint density at radius 3 is 1.29 bits per heavy atom. The summed E-state index contributed by atoms with van der Waals surface area (Å²) < 4.78 is 83.4. The standard InChI is InChI=1S/2C20H23F2N3O.C19H21F2N3O/c2*1-3-6-15-13-9-10-20(15,16-8-5-4-7-12(13)16)23-19(26)14-11-25(2)24-17(14)18(21)22;1-18(2)13-8-9-19(18,14-7-5-4-6-11(13)14)22-17(25)12-10-24(3)23-15(12)16(20)21/h2*4-5,7-8,11,13,15,18H,3,6,9-10H2,1-2H3,(H,23,26);4-7,10,13,16H,8-9H2,1-3H3,(H,22,25). The molecule has 0 saturated heterocycles. The lowest BCUT2D eigenvalue weighted by atomic mass is 9.74. The Morgan fingerprint density at radius 2 is 0.896 bits per heavy atom. The zero-order chi connectivity index (χ0) is 54.9. The third kappa shape index (κ3) is 8.66. The Kier molecular flexibility index (Phi) is 14.1. The first-order chi connectivity index (χ1) is 36.7. The minimum absolute atomic E-state index is 0.0278. The third-order valence-corrected chi connectivity index (χ3v) is 18.3. The lowest BCUT2D eigenvalue weighted by molar-refractivity contribution is 0.0796. The van der Waals surface area contributed by atoms with Crippen LogP contribution in [0.25, 0.3) is 0 Å². The SMILES string of the molecule is CCCC1C2CCC1(NC(=O)c1cn(C)nc1C(F)F)c1ccccc12.CCCC1C2CCC1(NC(=O)c1cn(C)nc1C(F)F)c1ccccc12.Cn1cc(C(=O)NC23CCC(c4ccccc42)C3(C)C)c(C(F)F)n1. The van der Waals surface area contributed by atoms with Gasteiger partial charge in [-0.3, -0.25) is 28.4 Å². The summed E-state index contributed by atoms with van der Waals surface area (Å²) in [6, 6.07) is 24.6. The Labute approximate surface area is 444 Å². The number of nitrogens with one attached hydrogen (secondary N) is 3. The maximum absolute atomic E-state index is 13.3. The molecule has 0 radical (unpaired) electrons. The van der Waals surface area contributed by atoms with Crippen LogP contribution in [0, 0.1) is 17.3 Å². The second-order valence-corrected chi connectivity index (χ2v) is 22.6. The Balaban J connectivity index is 0.000000131. The predicted molar refractivity (Wildman–Crippen MR) is 278 cm³/mol. The fourth-order valence-corrected chi connectivity index (χ4v) is 15.2. The number of nitrogens with zero attached hydrogens (tertiary/aromatic N) is 6. The van der Waals surface area contributed by atoms with Crippen molar-refractivity contribution in [3.8, 4) is 0 Å². The van der Waals surface area contributed by atoms with Gasteiger partial charge in [-0.15, -0.1) is 0 Å². The van der Waals surface area contributed by atoms with Crippen LogP contribution >= 0.6 is 0 Å². The molecule has 3 saturated carbocycles. The zero-order valence-electron chi connectivity index (χ0n) is 44.5. The number of aromatic nitrogens is 6. The highest BCUT2D eigenvalue weighted by Gasteiger charge is 2.63. The maximum atomic E-state index is 13.3. The second-order valence-electron chi connectivity index (χ2n) is 22.6. The number of benzene rings is 3. The van der Waals surface area contributed by atoms with Crippen molar-refractivity contribution >= 4 is 17.7 Å². The molecule has 0 aliphatic heterocycles. The molecular weight excluding hydrogens is 997 g/mol. The molecule has 3 aromatic carbocycles. The van der Waals surface area contributed by atoms with Crippen LogP contribution in [0.1, 0.15) is 210 Å². The van der Waals surface area contributed by atoms with E-state index in [1.54, 1.807) is 21.1 Å². The highest BCUT2D eigenvalue weighted by Crippen LogP contribution is 2.67. The van der Waals surface area contributed by atoms with Gasteiger partial charge in [0, 0.05) is 39.7 Å². The molecule has 18 heteroatoms. The average Bonchev–Trinajstić information content (AvgIpc) is 4.48. The smallest absolute Gasteiger partial charge is 0.282 e. The van der Waals surface area contributed by atoms with Crippen LogP contribution in [-0.2, 0) is 37.8 Å². The van der Waals surface area contributed by atoms with Gasteiger partial charge in [0.25, 0.3) is 37.0 Å². The van der Waals surface area contributed by atoms with Gasteiger partial charge in [-0.2, -0.15) is 15.3 Å². The predicted octanol–water partition coefficient (Wildman–Crippen LogP) is 12.5. The summed E-state index contributed by atoms with van der Waals surface area (Å²) >= 11 is 0. The van der Waals surface area contributed by atoms with Gasteiger partial charge < -0.3 is 16.0 Å². The third-order valence-electron chi connectivity index (χ3n) is 18.3. The van der Waals surface area contributed by atoms with Gasteiger partial charge >= 0.3 is 0 Å². The van der Waals surface area contributed by atoms with E-state index < -0.39 is 70.7 Å². The fraction of sp³-hybridized carbons (Fsp3) is 0.492. The molecule has 77 heavy (non-hydrogen) atoms. The Morgan fingerprint density at radius 1 is 0.532 bits per heavy atom. The van der Waals surface area contributed by atoms with Gasteiger partial charge in [-0.1, -0.05) is 113 Å². The monoisotopic (exact) mass is 1060 g/mol. The number of aryl methyl sites for hydroxylation is 3. The number of fused-ring (bicyclic) bond motifs is 15. The molecular formula is C59H67F6N9O3. The number of rotatable bonds is 13. The average molecular weight is 1060 g/mol. The van der Waals surface area contributed by atoms with Gasteiger partial charge in [-0.05, 0) is 120 Å². The van der Waals surface area contributed by atoms with Crippen molar-refractivity contribution in [2.75, 3.05) is 0 Å². The van der Waals surface area contributed by atoms with Gasteiger partial charge in [0.05, 0.1) is 33.3 Å². The maximum Gasteiger partial charge on any atom is 0.282 e. The van der Waals surface area contributed by atoms with E-state index >= 15 is 0 Å². The van der Waals surface area contributed by atoms with Crippen molar-refractivity contribution in [3.63, 3.8) is 0 Å². The fourth-order valence-electron chi connectivity index (χ4n) is 15.2. The normalized spacial score (nSPS) is 26.3. The van der Waals surface area contributed by atoms with E-state index in [0.717, 1.165) is 80.9 Å². The first kappa shape index (κ1) is 53.7. The molecule has 6 aliphatic carbocycles. The van der Waals surface area contributed by atoms with Crippen molar-refractivity contribution < 1.29 is 40.7 Å². The molecule has 408 valence electrons. The summed E-state index contributed by atoms with van der Waals surface area (Å²) in [5.41, 5.74) is 4.24.